The number of methoxy groups -OCH3 is 1. The highest BCUT2D eigenvalue weighted by molar-refractivity contribution is 14.1. The Labute approximate surface area is 187 Å². The second kappa shape index (κ2) is 10.0. The summed E-state index contributed by atoms with van der Waals surface area (Å²) in [7, 11) is 1.32. The quantitative estimate of drug-likeness (QED) is 0.324. The number of nitrogens with one attached hydrogen (secondary N) is 2. The average molecular weight is 524 g/mol. The lowest BCUT2D eigenvalue weighted by molar-refractivity contribution is -0.142. The van der Waals surface area contributed by atoms with Gasteiger partial charge in [0.15, 0.2) is 12.1 Å². The van der Waals surface area contributed by atoms with Crippen molar-refractivity contribution in [2.24, 2.45) is 0 Å². The normalized spacial score (nSPS) is 17.1. The first-order valence-corrected chi connectivity index (χ1v) is 11.0. The summed E-state index contributed by atoms with van der Waals surface area (Å²) in [4.78, 5) is 24.2. The maximum atomic E-state index is 12.3. The van der Waals surface area contributed by atoms with Gasteiger partial charge in [0.1, 0.15) is 5.75 Å². The maximum absolute atomic E-state index is 12.3. The van der Waals surface area contributed by atoms with E-state index in [1.807, 2.05) is 30.3 Å². The molecule has 0 spiro atoms. The zero-order valence-corrected chi connectivity index (χ0v) is 19.0. The molecule has 6 nitrogen and oxygen atoms in total. The molecule has 152 valence electrons. The minimum absolute atomic E-state index is 0.112. The SMILES string of the molecule is CCc1ccc(N[C@@H]2NC(=O)/C(=C/c3ccc(OCC(=O)OC)c(I)c3)S2)cc1. The predicted molar refractivity (Wildman–Crippen MR) is 124 cm³/mol. The molecule has 1 saturated heterocycles. The first kappa shape index (κ1) is 21.5. The lowest BCUT2D eigenvalue weighted by Gasteiger charge is -2.12. The van der Waals surface area contributed by atoms with Crippen LogP contribution in [0.15, 0.2) is 47.4 Å². The molecule has 0 aromatic heterocycles. The number of halogens is 1. The van der Waals surface area contributed by atoms with Gasteiger partial charge in [-0.2, -0.15) is 0 Å². The van der Waals surface area contributed by atoms with E-state index in [1.165, 1.54) is 24.4 Å². The number of carbonyl (C=O) groups excluding carboxylic acids is 2. The highest BCUT2D eigenvalue weighted by atomic mass is 127. The molecule has 0 radical (unpaired) electrons. The highest BCUT2D eigenvalue weighted by Gasteiger charge is 2.27. The first-order chi connectivity index (χ1) is 14.0. The number of thioether (sulfide) groups is 1. The Balaban J connectivity index is 1.64. The van der Waals surface area contributed by atoms with E-state index in [1.54, 1.807) is 6.07 Å². The molecule has 2 N–H and O–H groups in total. The molecule has 2 aromatic rings. The molecule has 8 heteroatoms. The summed E-state index contributed by atoms with van der Waals surface area (Å²) in [6, 6.07) is 13.7. The number of amides is 1. The van der Waals surface area contributed by atoms with Crippen LogP contribution in [-0.2, 0) is 20.7 Å². The van der Waals surface area contributed by atoms with Gasteiger partial charge in [-0.3, -0.25) is 4.79 Å². The van der Waals surface area contributed by atoms with Crippen molar-refractivity contribution in [2.75, 3.05) is 19.0 Å². The van der Waals surface area contributed by atoms with E-state index in [4.69, 9.17) is 4.74 Å². The van der Waals surface area contributed by atoms with Crippen LogP contribution < -0.4 is 15.4 Å². The van der Waals surface area contributed by atoms with Crippen molar-refractivity contribution in [3.63, 3.8) is 0 Å². The fraction of sp³-hybridized carbons (Fsp3) is 0.238. The smallest absolute Gasteiger partial charge is 0.343 e. The van der Waals surface area contributed by atoms with Gasteiger partial charge >= 0.3 is 5.97 Å². The van der Waals surface area contributed by atoms with Gasteiger partial charge in [0, 0.05) is 5.69 Å². The third-order valence-corrected chi connectivity index (χ3v) is 6.09. The molecule has 0 unspecified atom stereocenters. The molecule has 3 rings (SSSR count). The van der Waals surface area contributed by atoms with Crippen LogP contribution in [0.3, 0.4) is 0 Å². The Morgan fingerprint density at radius 1 is 1.28 bits per heavy atom. The number of hydrogen-bond donors (Lipinski definition) is 2. The fourth-order valence-corrected chi connectivity index (χ4v) is 4.30. The van der Waals surface area contributed by atoms with Gasteiger partial charge in [-0.25, -0.2) is 4.79 Å². The predicted octanol–water partition coefficient (Wildman–Crippen LogP) is 4.01. The highest BCUT2D eigenvalue weighted by Crippen LogP contribution is 2.31. The van der Waals surface area contributed by atoms with Gasteiger partial charge < -0.3 is 20.1 Å². The van der Waals surface area contributed by atoms with Gasteiger partial charge in [-0.05, 0) is 70.5 Å². The Bertz CT molecular complexity index is 931. The third-order valence-electron chi connectivity index (χ3n) is 4.22. The lowest BCUT2D eigenvalue weighted by atomic mass is 10.1. The monoisotopic (exact) mass is 524 g/mol. The van der Waals surface area contributed by atoms with Crippen LogP contribution in [0.4, 0.5) is 5.69 Å². The Hall–Kier alpha value is -2.20. The molecular formula is C21H21IN2O4S. The van der Waals surface area contributed by atoms with Gasteiger partial charge in [0.05, 0.1) is 15.6 Å². The van der Waals surface area contributed by atoms with Crippen molar-refractivity contribution in [3.8, 4) is 5.75 Å². The molecule has 1 aliphatic heterocycles. The van der Waals surface area contributed by atoms with Crippen LogP contribution >= 0.6 is 34.4 Å². The summed E-state index contributed by atoms with van der Waals surface area (Å²) in [5.74, 6) is 0.0457. The summed E-state index contributed by atoms with van der Waals surface area (Å²) >= 11 is 3.58. The lowest BCUT2D eigenvalue weighted by Crippen LogP contribution is -2.30. The molecule has 1 amide bonds. The van der Waals surface area contributed by atoms with Crippen molar-refractivity contribution in [3.05, 3.63) is 62.1 Å². The number of rotatable bonds is 7. The van der Waals surface area contributed by atoms with Gasteiger partial charge in [0.25, 0.3) is 5.91 Å². The minimum atomic E-state index is -0.436. The van der Waals surface area contributed by atoms with Crippen molar-refractivity contribution in [2.45, 2.75) is 18.8 Å². The van der Waals surface area contributed by atoms with E-state index in [9.17, 15) is 9.59 Å². The largest absolute Gasteiger partial charge is 0.481 e. The summed E-state index contributed by atoms with van der Waals surface area (Å²) in [5, 5.41) is 6.25. The molecule has 1 aliphatic rings. The number of ether oxygens (including phenoxy) is 2. The van der Waals surface area contributed by atoms with Crippen LogP contribution in [0.2, 0.25) is 0 Å². The van der Waals surface area contributed by atoms with E-state index >= 15 is 0 Å². The van der Waals surface area contributed by atoms with E-state index in [0.717, 1.165) is 21.2 Å². The standard InChI is InChI=1S/C21H21IN2O4S/c1-3-13-4-7-15(8-5-13)23-21-24-20(26)18(29-21)11-14-6-9-17(16(22)10-14)28-12-19(25)27-2/h4-11,21,23H,3,12H2,1-2H3,(H,24,26)/b18-11-/t21-/m1/s1. The van der Waals surface area contributed by atoms with Crippen molar-refractivity contribution in [1.82, 2.24) is 5.32 Å². The number of esters is 1. The number of hydrogen-bond acceptors (Lipinski definition) is 6. The van der Waals surface area contributed by atoms with Gasteiger partial charge in [-0.15, -0.1) is 0 Å². The second-order valence-electron chi connectivity index (χ2n) is 6.23. The van der Waals surface area contributed by atoms with Crippen LogP contribution in [0.5, 0.6) is 5.75 Å². The maximum Gasteiger partial charge on any atom is 0.343 e. The van der Waals surface area contributed by atoms with Gasteiger partial charge in [0.2, 0.25) is 0 Å². The minimum Gasteiger partial charge on any atom is -0.481 e. The molecule has 2 aromatic carbocycles. The summed E-state index contributed by atoms with van der Waals surface area (Å²) in [6.45, 7) is 1.98. The third kappa shape index (κ3) is 5.89. The van der Waals surface area contributed by atoms with E-state index in [2.05, 4.69) is 57.0 Å². The van der Waals surface area contributed by atoms with Gasteiger partial charge in [-0.1, -0.05) is 36.9 Å². The number of carbonyl (C=O) groups is 2. The number of anilines is 1. The second-order valence-corrected chi connectivity index (χ2v) is 8.54. The number of benzene rings is 2. The summed E-state index contributed by atoms with van der Waals surface area (Å²) in [6.07, 6.45) is 2.83. The average Bonchev–Trinajstić information content (AvgIpc) is 3.06. The summed E-state index contributed by atoms with van der Waals surface area (Å²) < 4.78 is 10.9. The van der Waals surface area contributed by atoms with Crippen molar-refractivity contribution in [1.29, 1.82) is 0 Å². The Kier molecular flexibility index (Phi) is 7.43. The van der Waals surface area contributed by atoms with Crippen LogP contribution in [0.1, 0.15) is 18.1 Å². The molecule has 1 atom stereocenters. The topological polar surface area (TPSA) is 76.7 Å². The molecule has 1 heterocycles. The fourth-order valence-electron chi connectivity index (χ4n) is 2.62. The Morgan fingerprint density at radius 2 is 2.03 bits per heavy atom. The zero-order chi connectivity index (χ0) is 20.8. The van der Waals surface area contributed by atoms with E-state index < -0.39 is 5.97 Å². The molecule has 1 fully saturated rings. The van der Waals surface area contributed by atoms with Crippen LogP contribution in [-0.4, -0.2) is 31.1 Å². The molecule has 0 bridgehead atoms. The molecule has 0 aliphatic carbocycles. The molecule has 0 saturated carbocycles. The first-order valence-electron chi connectivity index (χ1n) is 9.02. The van der Waals surface area contributed by atoms with E-state index in [0.29, 0.717) is 10.7 Å². The van der Waals surface area contributed by atoms with Crippen molar-refractivity contribution >= 4 is 58.0 Å². The summed E-state index contributed by atoms with van der Waals surface area (Å²) in [5.41, 5.74) is 2.89. The van der Waals surface area contributed by atoms with Crippen LogP contribution in [0, 0.1) is 3.57 Å². The van der Waals surface area contributed by atoms with Crippen molar-refractivity contribution < 1.29 is 19.1 Å². The molecular weight excluding hydrogens is 503 g/mol. The molecule has 29 heavy (non-hydrogen) atoms. The number of aryl methyl sites for hydroxylation is 1. The Morgan fingerprint density at radius 3 is 2.69 bits per heavy atom. The van der Waals surface area contributed by atoms with Crippen LogP contribution in [0.25, 0.3) is 6.08 Å². The zero-order valence-electron chi connectivity index (χ0n) is 16.0. The van der Waals surface area contributed by atoms with E-state index in [-0.39, 0.29) is 18.0 Å².